The first-order chi connectivity index (χ1) is 20.2. The second-order valence-corrected chi connectivity index (χ2v) is 12.1. The topological polar surface area (TPSA) is 127 Å². The van der Waals surface area contributed by atoms with E-state index >= 15 is 0 Å². The molecule has 216 valence electrons. The molecule has 0 saturated carbocycles. The number of para-hydroxylation sites is 2. The molecule has 4 aromatic rings. The number of allylic oxidation sites excluding steroid dienone is 1. The lowest BCUT2D eigenvalue weighted by Gasteiger charge is -2.28. The van der Waals surface area contributed by atoms with Gasteiger partial charge in [0.25, 0.3) is 5.56 Å². The Kier molecular flexibility index (Phi) is 8.06. The number of thiazole rings is 1. The third kappa shape index (κ3) is 4.90. The van der Waals surface area contributed by atoms with E-state index < -0.39 is 27.3 Å². The lowest BCUT2D eigenvalue weighted by molar-refractivity contribution is -0.136. The molecule has 0 aliphatic carbocycles. The number of benzene rings is 3. The predicted molar refractivity (Wildman–Crippen MR) is 161 cm³/mol. The van der Waals surface area contributed by atoms with E-state index in [1.54, 1.807) is 79.7 Å². The molecule has 2 N–H and O–H groups in total. The van der Waals surface area contributed by atoms with Crippen LogP contribution in [-0.4, -0.2) is 39.8 Å². The highest BCUT2D eigenvalue weighted by Gasteiger charge is 2.43. The first-order valence-corrected chi connectivity index (χ1v) is 15.3. The number of sulfone groups is 1. The molecule has 0 amide bonds. The highest BCUT2D eigenvalue weighted by molar-refractivity contribution is 7.95. The van der Waals surface area contributed by atoms with Gasteiger partial charge in [0.1, 0.15) is 26.9 Å². The average molecular weight is 605 g/mol. The van der Waals surface area contributed by atoms with E-state index in [4.69, 9.17) is 19.9 Å². The largest absolute Gasteiger partial charge is 0.496 e. The van der Waals surface area contributed by atoms with Crippen molar-refractivity contribution in [3.05, 3.63) is 114 Å². The molecular formula is C31H28N2O7S2. The van der Waals surface area contributed by atoms with E-state index in [2.05, 4.69) is 0 Å². The number of hydrogen-bond acceptors (Lipinski definition) is 9. The van der Waals surface area contributed by atoms with Gasteiger partial charge in [0.15, 0.2) is 0 Å². The zero-order valence-electron chi connectivity index (χ0n) is 23.1. The average Bonchev–Trinajstić information content (AvgIpc) is 3.33. The van der Waals surface area contributed by atoms with Crippen molar-refractivity contribution in [2.24, 2.45) is 5.73 Å². The number of hydrogen-bond donors (Lipinski definition) is 1. The Morgan fingerprint density at radius 2 is 1.57 bits per heavy atom. The molecule has 5 rings (SSSR count). The fourth-order valence-corrected chi connectivity index (χ4v) is 7.80. The summed E-state index contributed by atoms with van der Waals surface area (Å²) < 4.78 is 46.6. The summed E-state index contributed by atoms with van der Waals surface area (Å²) in [5, 5.41) is 0. The number of carbonyl (C=O) groups is 1. The smallest absolute Gasteiger partial charge is 0.338 e. The fourth-order valence-electron chi connectivity index (χ4n) is 4.96. The van der Waals surface area contributed by atoms with E-state index in [0.717, 1.165) is 15.9 Å². The van der Waals surface area contributed by atoms with Crippen LogP contribution in [0, 0.1) is 0 Å². The highest BCUT2D eigenvalue weighted by atomic mass is 32.2. The standard InChI is InChI=1S/C31H28N2O7S2/c1-4-40-31(35)26-25(21-15-9-11-17-23(21)39-3)27(42(36,37)20-13-6-5-7-14-20)28(32)33-29(34)24(41-30(26)33)18-19-12-8-10-16-22(19)38-2/h5-18,25H,4,32H2,1-3H3/t25-/m0/s1. The van der Waals surface area contributed by atoms with Gasteiger partial charge in [-0.3, -0.25) is 9.36 Å². The van der Waals surface area contributed by atoms with Gasteiger partial charge < -0.3 is 19.9 Å². The predicted octanol–water partition coefficient (Wildman–Crippen LogP) is 2.83. The summed E-state index contributed by atoms with van der Waals surface area (Å²) in [5.74, 6) is -1.45. The van der Waals surface area contributed by atoms with Crippen LogP contribution >= 0.6 is 11.3 Å². The van der Waals surface area contributed by atoms with Crippen LogP contribution in [0.2, 0.25) is 0 Å². The van der Waals surface area contributed by atoms with Crippen LogP contribution in [0.5, 0.6) is 11.5 Å². The molecule has 1 atom stereocenters. The summed E-state index contributed by atoms with van der Waals surface area (Å²) in [6, 6.07) is 21.6. The number of nitrogens with zero attached hydrogens (tertiary/aromatic N) is 1. The van der Waals surface area contributed by atoms with Crippen molar-refractivity contribution >= 4 is 44.6 Å². The van der Waals surface area contributed by atoms with Gasteiger partial charge in [-0.05, 0) is 37.3 Å². The number of nitrogens with two attached hydrogens (primary N) is 1. The Bertz CT molecular complexity index is 1990. The van der Waals surface area contributed by atoms with E-state index in [-0.39, 0.29) is 37.0 Å². The molecule has 2 heterocycles. The van der Waals surface area contributed by atoms with Gasteiger partial charge in [-0.1, -0.05) is 54.6 Å². The van der Waals surface area contributed by atoms with Gasteiger partial charge in [0.05, 0.1) is 41.7 Å². The Hall–Kier alpha value is -4.61. The zero-order valence-corrected chi connectivity index (χ0v) is 24.7. The lowest BCUT2D eigenvalue weighted by Crippen LogP contribution is -2.41. The molecule has 1 aromatic heterocycles. The minimum atomic E-state index is -4.35. The summed E-state index contributed by atoms with van der Waals surface area (Å²) >= 11 is 1.01. The van der Waals surface area contributed by atoms with Crippen molar-refractivity contribution in [2.45, 2.75) is 17.7 Å². The molecule has 3 aromatic carbocycles. The van der Waals surface area contributed by atoms with Crippen molar-refractivity contribution in [3.63, 3.8) is 0 Å². The maximum atomic E-state index is 14.3. The van der Waals surface area contributed by atoms with Crippen molar-refractivity contribution in [1.82, 2.24) is 4.57 Å². The van der Waals surface area contributed by atoms with Crippen LogP contribution in [0.1, 0.15) is 24.0 Å². The molecule has 11 heteroatoms. The lowest BCUT2D eigenvalue weighted by atomic mass is 9.89. The summed E-state index contributed by atoms with van der Waals surface area (Å²) in [5.41, 5.74) is 7.04. The Labute approximate surface area is 246 Å². The number of ether oxygens (including phenoxy) is 3. The highest BCUT2D eigenvalue weighted by Crippen LogP contribution is 2.45. The number of methoxy groups -OCH3 is 2. The Morgan fingerprint density at radius 3 is 2.24 bits per heavy atom. The van der Waals surface area contributed by atoms with Gasteiger partial charge in [-0.25, -0.2) is 13.2 Å². The molecule has 0 bridgehead atoms. The minimum Gasteiger partial charge on any atom is -0.496 e. The Morgan fingerprint density at radius 1 is 0.952 bits per heavy atom. The number of fused-ring (bicyclic) bond motifs is 1. The molecule has 1 aliphatic rings. The van der Waals surface area contributed by atoms with Crippen LogP contribution < -0.4 is 30.0 Å². The molecule has 0 radical (unpaired) electrons. The molecule has 42 heavy (non-hydrogen) atoms. The first kappa shape index (κ1) is 28.9. The van der Waals surface area contributed by atoms with Gasteiger partial charge >= 0.3 is 5.97 Å². The quantitative estimate of drug-likeness (QED) is 0.304. The van der Waals surface area contributed by atoms with Crippen LogP contribution in [0.15, 0.2) is 93.5 Å². The molecule has 1 aliphatic heterocycles. The summed E-state index contributed by atoms with van der Waals surface area (Å²) in [7, 11) is -1.38. The zero-order chi connectivity index (χ0) is 30.0. The van der Waals surface area contributed by atoms with Gasteiger partial charge in [-0.15, -0.1) is 11.3 Å². The van der Waals surface area contributed by atoms with E-state index in [0.29, 0.717) is 22.6 Å². The van der Waals surface area contributed by atoms with E-state index in [1.807, 2.05) is 0 Å². The van der Waals surface area contributed by atoms with Gasteiger partial charge in [0, 0.05) is 11.1 Å². The maximum Gasteiger partial charge on any atom is 0.338 e. The fraction of sp³-hybridized carbons (Fsp3) is 0.161. The molecule has 0 unspecified atom stereocenters. The number of esters is 1. The summed E-state index contributed by atoms with van der Waals surface area (Å²) in [6.07, 6.45) is 1.62. The summed E-state index contributed by atoms with van der Waals surface area (Å²) in [6.45, 7) is 1.67. The number of rotatable bonds is 8. The molecule has 0 saturated heterocycles. The summed E-state index contributed by atoms with van der Waals surface area (Å²) in [4.78, 5) is 27.3. The van der Waals surface area contributed by atoms with Crippen molar-refractivity contribution in [1.29, 1.82) is 0 Å². The third-order valence-corrected chi connectivity index (χ3v) is 9.84. The van der Waals surface area contributed by atoms with E-state index in [1.165, 1.54) is 26.4 Å². The third-order valence-electron chi connectivity index (χ3n) is 6.81. The molecular weight excluding hydrogens is 576 g/mol. The minimum absolute atomic E-state index is 0.0246. The first-order valence-electron chi connectivity index (χ1n) is 13.0. The van der Waals surface area contributed by atoms with Crippen molar-refractivity contribution in [3.8, 4) is 11.5 Å². The molecule has 9 nitrogen and oxygen atoms in total. The molecule has 0 fully saturated rings. The maximum absolute atomic E-state index is 14.3. The second kappa shape index (κ2) is 11.7. The van der Waals surface area contributed by atoms with Gasteiger partial charge in [0.2, 0.25) is 9.84 Å². The monoisotopic (exact) mass is 604 g/mol. The van der Waals surface area contributed by atoms with Crippen LogP contribution in [0.3, 0.4) is 0 Å². The number of carbonyl (C=O) groups excluding carboxylic acids is 1. The second-order valence-electron chi connectivity index (χ2n) is 9.17. The van der Waals surface area contributed by atoms with Crippen molar-refractivity contribution in [2.75, 3.05) is 20.8 Å². The van der Waals surface area contributed by atoms with Crippen LogP contribution in [0.25, 0.3) is 17.5 Å². The molecule has 0 spiro atoms. The SMILES string of the molecule is CCOC(=O)C1=c2sc(=Cc3ccccc3OC)c(=O)n2C(N)=C(S(=O)(=O)c2ccccc2)[C@H]1c1ccccc1OC. The van der Waals surface area contributed by atoms with Crippen LogP contribution in [-0.2, 0) is 19.4 Å². The van der Waals surface area contributed by atoms with Crippen molar-refractivity contribution < 1.29 is 27.4 Å². The van der Waals surface area contributed by atoms with E-state index in [9.17, 15) is 18.0 Å². The Balaban J connectivity index is 1.96. The number of aromatic nitrogens is 1. The normalized spacial score (nSPS) is 15.4. The van der Waals surface area contributed by atoms with Gasteiger partial charge in [-0.2, -0.15) is 0 Å². The van der Waals surface area contributed by atoms with Crippen LogP contribution in [0.4, 0.5) is 0 Å².